The topological polar surface area (TPSA) is 35.2 Å². The molecule has 90 valence electrons. The summed E-state index contributed by atoms with van der Waals surface area (Å²) in [6.45, 7) is 2.55. The van der Waals surface area contributed by atoms with Gasteiger partial charge in [-0.05, 0) is 35.0 Å². The van der Waals surface area contributed by atoms with E-state index in [0.717, 1.165) is 15.8 Å². The van der Waals surface area contributed by atoms with E-state index in [9.17, 15) is 0 Å². The highest BCUT2D eigenvalue weighted by Crippen LogP contribution is 2.26. The Morgan fingerprint density at radius 3 is 2.82 bits per heavy atom. The van der Waals surface area contributed by atoms with Gasteiger partial charge >= 0.3 is 0 Å². The highest BCUT2D eigenvalue weighted by Gasteiger charge is 2.07. The van der Waals surface area contributed by atoms with Crippen molar-refractivity contribution in [2.75, 3.05) is 0 Å². The fourth-order valence-corrected chi connectivity index (χ4v) is 2.93. The van der Waals surface area contributed by atoms with Gasteiger partial charge < -0.3 is 10.5 Å². The van der Waals surface area contributed by atoms with Crippen LogP contribution in [-0.4, -0.2) is 0 Å². The lowest BCUT2D eigenvalue weighted by Gasteiger charge is -2.13. The number of halogens is 1. The Kier molecular flexibility index (Phi) is 4.20. The van der Waals surface area contributed by atoms with E-state index in [2.05, 4.69) is 27.4 Å². The third kappa shape index (κ3) is 3.31. The zero-order valence-corrected chi connectivity index (χ0v) is 11.9. The van der Waals surface area contributed by atoms with Crippen LogP contribution in [0.2, 0.25) is 0 Å². The number of para-hydroxylation sites is 1. The maximum absolute atomic E-state index is 5.90. The molecule has 0 unspecified atom stereocenters. The van der Waals surface area contributed by atoms with Gasteiger partial charge in [-0.25, -0.2) is 0 Å². The molecule has 0 fully saturated rings. The number of hydrogen-bond donors (Lipinski definition) is 1. The van der Waals surface area contributed by atoms with E-state index in [1.165, 1.54) is 4.88 Å². The number of ether oxygens (including phenoxy) is 1. The van der Waals surface area contributed by atoms with Crippen LogP contribution in [0.4, 0.5) is 0 Å². The van der Waals surface area contributed by atoms with Crippen LogP contribution in [0.5, 0.6) is 5.75 Å². The standard InChI is InChI=1S/C13H14BrNOS/c1-9(15)12-4-2-3-5-13(12)16-7-11-6-10(14)8-17-11/h2-6,8-9H,7,15H2,1H3/t9-/m1/s1. The monoisotopic (exact) mass is 311 g/mol. The van der Waals surface area contributed by atoms with Crippen molar-refractivity contribution in [1.29, 1.82) is 0 Å². The first-order chi connectivity index (χ1) is 8.16. The molecule has 0 aliphatic carbocycles. The minimum atomic E-state index is -0.0127. The third-order valence-electron chi connectivity index (χ3n) is 2.40. The van der Waals surface area contributed by atoms with Gasteiger partial charge in [0.25, 0.3) is 0 Å². The van der Waals surface area contributed by atoms with Crippen LogP contribution in [0.1, 0.15) is 23.4 Å². The van der Waals surface area contributed by atoms with Crippen LogP contribution in [0.25, 0.3) is 0 Å². The summed E-state index contributed by atoms with van der Waals surface area (Å²) in [5, 5.41) is 2.05. The number of rotatable bonds is 4. The van der Waals surface area contributed by atoms with Gasteiger partial charge in [0.2, 0.25) is 0 Å². The molecule has 0 aliphatic heterocycles. The molecule has 0 radical (unpaired) electrons. The van der Waals surface area contributed by atoms with Gasteiger partial charge in [-0.3, -0.25) is 0 Å². The van der Waals surface area contributed by atoms with Crippen molar-refractivity contribution < 1.29 is 4.74 Å². The lowest BCUT2D eigenvalue weighted by atomic mass is 10.1. The first-order valence-corrected chi connectivity index (χ1v) is 7.04. The van der Waals surface area contributed by atoms with Crippen LogP contribution in [0.15, 0.2) is 40.2 Å². The normalized spacial score (nSPS) is 12.4. The first kappa shape index (κ1) is 12.6. The molecule has 1 heterocycles. The number of nitrogens with two attached hydrogens (primary N) is 1. The third-order valence-corrected chi connectivity index (χ3v) is 4.07. The van der Waals surface area contributed by atoms with Crippen molar-refractivity contribution in [3.63, 3.8) is 0 Å². The number of benzene rings is 1. The molecule has 17 heavy (non-hydrogen) atoms. The zero-order chi connectivity index (χ0) is 12.3. The number of hydrogen-bond acceptors (Lipinski definition) is 3. The highest BCUT2D eigenvalue weighted by molar-refractivity contribution is 9.10. The summed E-state index contributed by atoms with van der Waals surface area (Å²) in [6.07, 6.45) is 0. The maximum Gasteiger partial charge on any atom is 0.124 e. The maximum atomic E-state index is 5.90. The summed E-state index contributed by atoms with van der Waals surface area (Å²) >= 11 is 5.11. The quantitative estimate of drug-likeness (QED) is 0.922. The summed E-state index contributed by atoms with van der Waals surface area (Å²) in [4.78, 5) is 1.19. The molecule has 0 spiro atoms. The summed E-state index contributed by atoms with van der Waals surface area (Å²) in [7, 11) is 0. The number of thiophene rings is 1. The van der Waals surface area contributed by atoms with Gasteiger partial charge in [0.05, 0.1) is 0 Å². The van der Waals surface area contributed by atoms with Crippen molar-refractivity contribution in [2.45, 2.75) is 19.6 Å². The summed E-state index contributed by atoms with van der Waals surface area (Å²) in [6, 6.07) is 9.96. The van der Waals surface area contributed by atoms with Crippen LogP contribution < -0.4 is 10.5 Å². The molecule has 0 amide bonds. The molecule has 2 aromatic rings. The van der Waals surface area contributed by atoms with Crippen molar-refractivity contribution in [2.24, 2.45) is 5.73 Å². The summed E-state index contributed by atoms with van der Waals surface area (Å²) < 4.78 is 6.91. The van der Waals surface area contributed by atoms with E-state index in [4.69, 9.17) is 10.5 Å². The molecule has 1 aromatic heterocycles. The fourth-order valence-electron chi connectivity index (χ4n) is 1.57. The highest BCUT2D eigenvalue weighted by atomic mass is 79.9. The van der Waals surface area contributed by atoms with Gasteiger partial charge in [-0.15, -0.1) is 11.3 Å². The molecular formula is C13H14BrNOS. The van der Waals surface area contributed by atoms with E-state index in [0.29, 0.717) is 6.61 Å². The Bertz CT molecular complexity index is 496. The van der Waals surface area contributed by atoms with Crippen LogP contribution in [-0.2, 0) is 6.61 Å². The van der Waals surface area contributed by atoms with Gasteiger partial charge in [-0.1, -0.05) is 18.2 Å². The zero-order valence-electron chi connectivity index (χ0n) is 9.52. The van der Waals surface area contributed by atoms with E-state index in [1.807, 2.05) is 31.2 Å². The summed E-state index contributed by atoms with van der Waals surface area (Å²) in [5.41, 5.74) is 6.95. The second kappa shape index (κ2) is 5.67. The molecule has 1 atom stereocenters. The van der Waals surface area contributed by atoms with E-state index >= 15 is 0 Å². The first-order valence-electron chi connectivity index (χ1n) is 5.37. The minimum Gasteiger partial charge on any atom is -0.488 e. The van der Waals surface area contributed by atoms with Crippen molar-refractivity contribution in [3.8, 4) is 5.75 Å². The average Bonchev–Trinajstić information content (AvgIpc) is 2.73. The molecule has 0 saturated carbocycles. The van der Waals surface area contributed by atoms with Crippen molar-refractivity contribution in [1.82, 2.24) is 0 Å². The van der Waals surface area contributed by atoms with Crippen LogP contribution >= 0.6 is 27.3 Å². The van der Waals surface area contributed by atoms with Gasteiger partial charge in [0, 0.05) is 26.3 Å². The molecule has 0 saturated heterocycles. The fraction of sp³-hybridized carbons (Fsp3) is 0.231. The molecular weight excluding hydrogens is 298 g/mol. The SMILES string of the molecule is C[C@@H](N)c1ccccc1OCc1cc(Br)cs1. The predicted octanol–water partition coefficient (Wildman–Crippen LogP) is 4.11. The Morgan fingerprint density at radius 2 is 2.18 bits per heavy atom. The van der Waals surface area contributed by atoms with E-state index < -0.39 is 0 Å². The Hall–Kier alpha value is -0.840. The van der Waals surface area contributed by atoms with E-state index in [1.54, 1.807) is 11.3 Å². The molecule has 4 heteroatoms. The molecule has 0 aliphatic rings. The molecule has 1 aromatic carbocycles. The molecule has 0 bridgehead atoms. The van der Waals surface area contributed by atoms with Crippen molar-refractivity contribution in [3.05, 3.63) is 50.6 Å². The van der Waals surface area contributed by atoms with Gasteiger partial charge in [-0.2, -0.15) is 0 Å². The van der Waals surface area contributed by atoms with Gasteiger partial charge in [0.1, 0.15) is 12.4 Å². The van der Waals surface area contributed by atoms with Gasteiger partial charge in [0.15, 0.2) is 0 Å². The molecule has 2 N–H and O–H groups in total. The largest absolute Gasteiger partial charge is 0.488 e. The Labute approximate surface area is 114 Å². The lowest BCUT2D eigenvalue weighted by Crippen LogP contribution is -2.07. The van der Waals surface area contributed by atoms with E-state index in [-0.39, 0.29) is 6.04 Å². The minimum absolute atomic E-state index is 0.0127. The molecule has 2 nitrogen and oxygen atoms in total. The lowest BCUT2D eigenvalue weighted by molar-refractivity contribution is 0.305. The smallest absolute Gasteiger partial charge is 0.124 e. The average molecular weight is 312 g/mol. The van der Waals surface area contributed by atoms with Crippen LogP contribution in [0, 0.1) is 0 Å². The second-order valence-electron chi connectivity index (χ2n) is 3.85. The Balaban J connectivity index is 2.08. The molecule has 2 rings (SSSR count). The van der Waals surface area contributed by atoms with Crippen molar-refractivity contribution >= 4 is 27.3 Å². The second-order valence-corrected chi connectivity index (χ2v) is 5.76. The predicted molar refractivity (Wildman–Crippen MR) is 75.4 cm³/mol. The van der Waals surface area contributed by atoms with Crippen LogP contribution in [0.3, 0.4) is 0 Å². The Morgan fingerprint density at radius 1 is 1.41 bits per heavy atom. The summed E-state index contributed by atoms with van der Waals surface area (Å²) in [5.74, 6) is 0.868.